The van der Waals surface area contributed by atoms with E-state index in [0.717, 1.165) is 56.9 Å². The second-order valence-corrected chi connectivity index (χ2v) is 7.15. The van der Waals surface area contributed by atoms with Crippen LogP contribution in [0, 0.1) is 0 Å². The predicted octanol–water partition coefficient (Wildman–Crippen LogP) is 2.78. The zero-order valence-corrected chi connectivity index (χ0v) is 14.7. The van der Waals surface area contributed by atoms with Crippen molar-refractivity contribution in [2.24, 2.45) is 0 Å². The van der Waals surface area contributed by atoms with Crippen LogP contribution in [0.3, 0.4) is 0 Å². The first-order chi connectivity index (χ1) is 11.7. The third-order valence-corrected chi connectivity index (χ3v) is 4.99. The Balaban J connectivity index is 1.37. The van der Waals surface area contributed by atoms with Crippen LogP contribution in [0.2, 0.25) is 5.02 Å². The minimum Gasteiger partial charge on any atom is -0.379 e. The lowest BCUT2D eigenvalue weighted by atomic mass is 10.0. The fraction of sp³-hybridized carbons (Fsp3) is 0.611. The standard InChI is InChI=1S/C18H26ClN3O2/c19-15-5-3-14(4-6-15)12-22-9-7-16(8-10-22)20-18(23)21-17-2-1-11-24-13-17/h3-6,16-17H,1-2,7-13H2,(H2,20,21,23). The van der Waals surface area contributed by atoms with Gasteiger partial charge in [-0.1, -0.05) is 23.7 Å². The van der Waals surface area contributed by atoms with Crippen LogP contribution in [-0.2, 0) is 11.3 Å². The van der Waals surface area contributed by atoms with Crippen molar-refractivity contribution >= 4 is 17.6 Å². The molecule has 0 bridgehead atoms. The van der Waals surface area contributed by atoms with Crippen molar-refractivity contribution in [3.63, 3.8) is 0 Å². The van der Waals surface area contributed by atoms with E-state index in [4.69, 9.17) is 16.3 Å². The smallest absolute Gasteiger partial charge is 0.315 e. The maximum Gasteiger partial charge on any atom is 0.315 e. The number of ether oxygens (including phenoxy) is 1. The Morgan fingerprint density at radius 2 is 1.83 bits per heavy atom. The van der Waals surface area contributed by atoms with Crippen LogP contribution in [0.25, 0.3) is 0 Å². The quantitative estimate of drug-likeness (QED) is 0.877. The summed E-state index contributed by atoms with van der Waals surface area (Å²) in [4.78, 5) is 14.5. The Hall–Kier alpha value is -1.30. The molecule has 2 saturated heterocycles. The normalized spacial score (nSPS) is 23.0. The van der Waals surface area contributed by atoms with E-state index in [2.05, 4.69) is 27.7 Å². The molecule has 5 nitrogen and oxygen atoms in total. The summed E-state index contributed by atoms with van der Waals surface area (Å²) in [5.41, 5.74) is 1.28. The van der Waals surface area contributed by atoms with E-state index in [-0.39, 0.29) is 18.1 Å². The lowest BCUT2D eigenvalue weighted by Crippen LogP contribution is -2.51. The third kappa shape index (κ3) is 5.36. The van der Waals surface area contributed by atoms with E-state index in [0.29, 0.717) is 6.61 Å². The Morgan fingerprint density at radius 3 is 2.50 bits per heavy atom. The van der Waals surface area contributed by atoms with Crippen LogP contribution in [0.1, 0.15) is 31.2 Å². The van der Waals surface area contributed by atoms with Crippen LogP contribution < -0.4 is 10.6 Å². The van der Waals surface area contributed by atoms with Gasteiger partial charge in [0.25, 0.3) is 0 Å². The van der Waals surface area contributed by atoms with Gasteiger partial charge in [-0.15, -0.1) is 0 Å². The number of hydrogen-bond donors (Lipinski definition) is 2. The summed E-state index contributed by atoms with van der Waals surface area (Å²) < 4.78 is 5.39. The van der Waals surface area contributed by atoms with Crippen LogP contribution >= 0.6 is 11.6 Å². The van der Waals surface area contributed by atoms with Crippen molar-refractivity contribution < 1.29 is 9.53 Å². The number of benzene rings is 1. The molecule has 2 aliphatic rings. The number of urea groups is 1. The average Bonchev–Trinajstić information content (AvgIpc) is 2.59. The SMILES string of the molecule is O=C(NC1CCN(Cc2ccc(Cl)cc2)CC1)NC1CCCOC1. The maximum absolute atomic E-state index is 12.1. The summed E-state index contributed by atoms with van der Waals surface area (Å²) in [7, 11) is 0. The molecule has 2 fully saturated rings. The van der Waals surface area contributed by atoms with Crippen LogP contribution in [0.15, 0.2) is 24.3 Å². The van der Waals surface area contributed by atoms with Gasteiger partial charge in [0.2, 0.25) is 0 Å². The van der Waals surface area contributed by atoms with Gasteiger partial charge in [0.05, 0.1) is 12.6 Å². The molecule has 6 heteroatoms. The van der Waals surface area contributed by atoms with Gasteiger partial charge >= 0.3 is 6.03 Å². The van der Waals surface area contributed by atoms with Crippen molar-refractivity contribution in [2.45, 2.75) is 44.3 Å². The summed E-state index contributed by atoms with van der Waals surface area (Å²) >= 11 is 5.92. The molecule has 0 saturated carbocycles. The highest BCUT2D eigenvalue weighted by Crippen LogP contribution is 2.16. The molecule has 1 aromatic rings. The minimum absolute atomic E-state index is 0.0540. The lowest BCUT2D eigenvalue weighted by Gasteiger charge is -2.33. The molecule has 132 valence electrons. The van der Waals surface area contributed by atoms with Crippen molar-refractivity contribution in [2.75, 3.05) is 26.3 Å². The highest BCUT2D eigenvalue weighted by atomic mass is 35.5. The van der Waals surface area contributed by atoms with Crippen LogP contribution in [-0.4, -0.2) is 49.3 Å². The molecule has 0 aliphatic carbocycles. The summed E-state index contributed by atoms with van der Waals surface area (Å²) in [6.45, 7) is 4.38. The zero-order valence-electron chi connectivity index (χ0n) is 14.0. The molecular formula is C18H26ClN3O2. The van der Waals surface area contributed by atoms with Gasteiger partial charge in [0.15, 0.2) is 0 Å². The number of nitrogens with one attached hydrogen (secondary N) is 2. The molecular weight excluding hydrogens is 326 g/mol. The van der Waals surface area contributed by atoms with E-state index in [9.17, 15) is 4.79 Å². The predicted molar refractivity (Wildman–Crippen MR) is 95.3 cm³/mol. The van der Waals surface area contributed by atoms with Crippen LogP contribution in [0.5, 0.6) is 0 Å². The van der Waals surface area contributed by atoms with E-state index < -0.39 is 0 Å². The molecule has 2 N–H and O–H groups in total. The molecule has 1 aromatic carbocycles. The average molecular weight is 352 g/mol. The highest BCUT2D eigenvalue weighted by molar-refractivity contribution is 6.30. The number of piperidine rings is 1. The Bertz CT molecular complexity index is 524. The number of likely N-dealkylation sites (tertiary alicyclic amines) is 1. The Morgan fingerprint density at radius 1 is 1.12 bits per heavy atom. The maximum atomic E-state index is 12.1. The van der Waals surface area contributed by atoms with E-state index >= 15 is 0 Å². The molecule has 1 unspecified atom stereocenters. The number of hydrogen-bond acceptors (Lipinski definition) is 3. The van der Waals surface area contributed by atoms with Crippen molar-refractivity contribution in [3.8, 4) is 0 Å². The third-order valence-electron chi connectivity index (χ3n) is 4.74. The van der Waals surface area contributed by atoms with Crippen LogP contribution in [0.4, 0.5) is 4.79 Å². The second-order valence-electron chi connectivity index (χ2n) is 6.71. The monoisotopic (exact) mass is 351 g/mol. The number of halogens is 1. The highest BCUT2D eigenvalue weighted by Gasteiger charge is 2.22. The van der Waals surface area contributed by atoms with E-state index in [1.54, 1.807) is 0 Å². The summed E-state index contributed by atoms with van der Waals surface area (Å²) in [5.74, 6) is 0. The molecule has 1 atom stereocenters. The molecule has 24 heavy (non-hydrogen) atoms. The molecule has 0 spiro atoms. The number of carbonyl (C=O) groups is 1. The molecule has 0 aromatic heterocycles. The first-order valence-electron chi connectivity index (χ1n) is 8.80. The Labute approximate surface area is 148 Å². The summed E-state index contributed by atoms with van der Waals surface area (Å²) in [6, 6.07) is 8.38. The fourth-order valence-electron chi connectivity index (χ4n) is 3.35. The largest absolute Gasteiger partial charge is 0.379 e. The topological polar surface area (TPSA) is 53.6 Å². The van der Waals surface area contributed by atoms with Gasteiger partial charge in [-0.25, -0.2) is 4.79 Å². The summed E-state index contributed by atoms with van der Waals surface area (Å²) in [5, 5.41) is 6.90. The molecule has 2 aliphatic heterocycles. The molecule has 2 amide bonds. The van der Waals surface area contributed by atoms with Gasteiger partial charge < -0.3 is 15.4 Å². The summed E-state index contributed by atoms with van der Waals surface area (Å²) in [6.07, 6.45) is 4.01. The molecule has 0 radical (unpaired) electrons. The van der Waals surface area contributed by atoms with Crippen molar-refractivity contribution in [1.29, 1.82) is 0 Å². The number of rotatable bonds is 4. The van der Waals surface area contributed by atoms with E-state index in [1.165, 1.54) is 5.56 Å². The number of nitrogens with zero attached hydrogens (tertiary/aromatic N) is 1. The van der Waals surface area contributed by atoms with Gasteiger partial charge in [-0.05, 0) is 43.4 Å². The zero-order chi connectivity index (χ0) is 16.8. The first-order valence-corrected chi connectivity index (χ1v) is 9.18. The van der Waals surface area contributed by atoms with Gasteiger partial charge in [-0.3, -0.25) is 4.90 Å². The van der Waals surface area contributed by atoms with Gasteiger partial charge in [0.1, 0.15) is 0 Å². The number of carbonyl (C=O) groups excluding carboxylic acids is 1. The number of amides is 2. The van der Waals surface area contributed by atoms with Gasteiger partial charge in [0, 0.05) is 37.3 Å². The Kier molecular flexibility index (Phi) is 6.35. The van der Waals surface area contributed by atoms with Crippen molar-refractivity contribution in [3.05, 3.63) is 34.9 Å². The molecule has 2 heterocycles. The first kappa shape index (κ1) is 17.5. The lowest BCUT2D eigenvalue weighted by molar-refractivity contribution is 0.0728. The van der Waals surface area contributed by atoms with E-state index in [1.807, 2.05) is 12.1 Å². The fourth-order valence-corrected chi connectivity index (χ4v) is 3.48. The van der Waals surface area contributed by atoms with Crippen molar-refractivity contribution in [1.82, 2.24) is 15.5 Å². The minimum atomic E-state index is -0.0540. The second kappa shape index (κ2) is 8.70. The molecule has 3 rings (SSSR count). The van der Waals surface area contributed by atoms with Gasteiger partial charge in [-0.2, -0.15) is 0 Å².